The van der Waals surface area contributed by atoms with Crippen molar-refractivity contribution < 1.29 is 9.90 Å². The fourth-order valence-corrected chi connectivity index (χ4v) is 0.391. The molecule has 1 amide bonds. The van der Waals surface area contributed by atoms with Crippen LogP contribution in [-0.4, -0.2) is 17.7 Å². The van der Waals surface area contributed by atoms with Crippen LogP contribution in [0.5, 0.6) is 0 Å². The number of hydrogen-bond donors (Lipinski definition) is 2. The standard InChI is InChI=1S/C7H11NO2/c1-2-3-4-5-7(10)8-6-9/h2-5,9H,6H2,1H3,(H,8,10)/b3-2+,5-4+. The van der Waals surface area contributed by atoms with Gasteiger partial charge in [0.25, 0.3) is 0 Å². The predicted molar refractivity (Wildman–Crippen MR) is 39.2 cm³/mol. The van der Waals surface area contributed by atoms with E-state index in [-0.39, 0.29) is 12.6 Å². The van der Waals surface area contributed by atoms with Gasteiger partial charge in [0.05, 0.1) is 0 Å². The average Bonchev–Trinajstić information content (AvgIpc) is 1.89. The Bertz CT molecular complexity index is 150. The molecule has 0 bridgehead atoms. The molecule has 0 rings (SSSR count). The van der Waals surface area contributed by atoms with E-state index in [1.807, 2.05) is 13.0 Å². The van der Waals surface area contributed by atoms with Gasteiger partial charge in [0.1, 0.15) is 6.73 Å². The highest BCUT2D eigenvalue weighted by atomic mass is 16.3. The van der Waals surface area contributed by atoms with Crippen molar-refractivity contribution in [2.24, 2.45) is 0 Å². The van der Waals surface area contributed by atoms with E-state index in [0.717, 1.165) is 0 Å². The monoisotopic (exact) mass is 141 g/mol. The van der Waals surface area contributed by atoms with Crippen LogP contribution in [0.15, 0.2) is 24.3 Å². The summed E-state index contributed by atoms with van der Waals surface area (Å²) in [5, 5.41) is 10.4. The normalized spacial score (nSPS) is 11.0. The van der Waals surface area contributed by atoms with Crippen LogP contribution in [0.3, 0.4) is 0 Å². The Labute approximate surface area is 60.1 Å². The average molecular weight is 141 g/mol. The maximum atomic E-state index is 10.5. The van der Waals surface area contributed by atoms with Gasteiger partial charge in [-0.05, 0) is 6.92 Å². The summed E-state index contributed by atoms with van der Waals surface area (Å²) >= 11 is 0. The van der Waals surface area contributed by atoms with Crippen LogP contribution in [0.4, 0.5) is 0 Å². The van der Waals surface area contributed by atoms with E-state index in [1.165, 1.54) is 6.08 Å². The van der Waals surface area contributed by atoms with Crippen molar-refractivity contribution >= 4 is 5.91 Å². The molecule has 56 valence electrons. The highest BCUT2D eigenvalue weighted by Crippen LogP contribution is 1.75. The zero-order valence-corrected chi connectivity index (χ0v) is 5.87. The summed E-state index contributed by atoms with van der Waals surface area (Å²) in [5.74, 6) is -0.291. The number of aliphatic hydroxyl groups is 1. The fraction of sp³-hybridized carbons (Fsp3) is 0.286. The Hall–Kier alpha value is -1.09. The second-order valence-corrected chi connectivity index (χ2v) is 1.58. The number of rotatable bonds is 3. The van der Waals surface area contributed by atoms with Gasteiger partial charge in [-0.25, -0.2) is 0 Å². The first-order chi connectivity index (χ1) is 4.81. The highest BCUT2D eigenvalue weighted by Gasteiger charge is 1.87. The molecule has 0 aromatic carbocycles. The molecule has 0 aromatic rings. The zero-order chi connectivity index (χ0) is 7.82. The summed E-state index contributed by atoms with van der Waals surface area (Å²) in [7, 11) is 0. The smallest absolute Gasteiger partial charge is 0.245 e. The second kappa shape index (κ2) is 6.04. The molecule has 0 aliphatic rings. The minimum absolute atomic E-state index is 0.291. The van der Waals surface area contributed by atoms with Crippen LogP contribution >= 0.6 is 0 Å². The number of aliphatic hydroxyl groups excluding tert-OH is 1. The third-order valence-corrected chi connectivity index (χ3v) is 0.804. The Morgan fingerprint density at radius 2 is 2.30 bits per heavy atom. The van der Waals surface area contributed by atoms with Gasteiger partial charge >= 0.3 is 0 Å². The molecule has 0 saturated carbocycles. The lowest BCUT2D eigenvalue weighted by Crippen LogP contribution is -2.21. The first kappa shape index (κ1) is 8.91. The fourth-order valence-electron chi connectivity index (χ4n) is 0.391. The molecular weight excluding hydrogens is 130 g/mol. The molecule has 0 spiro atoms. The zero-order valence-electron chi connectivity index (χ0n) is 5.87. The van der Waals surface area contributed by atoms with Gasteiger partial charge in [0.15, 0.2) is 0 Å². The van der Waals surface area contributed by atoms with E-state index < -0.39 is 0 Å². The Balaban J connectivity index is 3.56. The number of nitrogens with one attached hydrogen (secondary N) is 1. The first-order valence-electron chi connectivity index (χ1n) is 2.99. The van der Waals surface area contributed by atoms with Crippen LogP contribution in [0.25, 0.3) is 0 Å². The SMILES string of the molecule is C/C=C/C=C/C(=O)NCO. The summed E-state index contributed by atoms with van der Waals surface area (Å²) in [6, 6.07) is 0. The molecule has 0 atom stereocenters. The van der Waals surface area contributed by atoms with Gasteiger partial charge in [-0.2, -0.15) is 0 Å². The van der Waals surface area contributed by atoms with E-state index in [4.69, 9.17) is 5.11 Å². The first-order valence-corrected chi connectivity index (χ1v) is 2.99. The van der Waals surface area contributed by atoms with E-state index in [1.54, 1.807) is 12.2 Å². The molecule has 0 unspecified atom stereocenters. The van der Waals surface area contributed by atoms with E-state index in [0.29, 0.717) is 0 Å². The molecular formula is C7H11NO2. The molecule has 0 fully saturated rings. The number of hydrogen-bond acceptors (Lipinski definition) is 2. The maximum absolute atomic E-state index is 10.5. The van der Waals surface area contributed by atoms with Crippen LogP contribution in [0.2, 0.25) is 0 Å². The Kier molecular flexibility index (Phi) is 5.38. The largest absolute Gasteiger partial charge is 0.376 e. The van der Waals surface area contributed by atoms with Crippen molar-refractivity contribution in [2.45, 2.75) is 6.92 Å². The van der Waals surface area contributed by atoms with Crippen molar-refractivity contribution in [2.75, 3.05) is 6.73 Å². The van der Waals surface area contributed by atoms with Crippen LogP contribution < -0.4 is 5.32 Å². The number of carbonyl (C=O) groups excluding carboxylic acids is 1. The molecule has 0 aromatic heterocycles. The lowest BCUT2D eigenvalue weighted by atomic mass is 10.4. The van der Waals surface area contributed by atoms with Crippen molar-refractivity contribution in [3.8, 4) is 0 Å². The number of carbonyl (C=O) groups is 1. The van der Waals surface area contributed by atoms with E-state index in [9.17, 15) is 4.79 Å². The molecule has 0 radical (unpaired) electrons. The Morgan fingerprint density at radius 3 is 2.80 bits per heavy atom. The molecule has 0 aliphatic carbocycles. The summed E-state index contributed by atoms with van der Waals surface area (Å²) < 4.78 is 0. The van der Waals surface area contributed by atoms with Gasteiger partial charge in [0, 0.05) is 6.08 Å². The van der Waals surface area contributed by atoms with Crippen LogP contribution in [0.1, 0.15) is 6.92 Å². The lowest BCUT2D eigenvalue weighted by Gasteiger charge is -1.91. The molecule has 3 heteroatoms. The lowest BCUT2D eigenvalue weighted by molar-refractivity contribution is -0.117. The minimum Gasteiger partial charge on any atom is -0.376 e. The van der Waals surface area contributed by atoms with Gasteiger partial charge < -0.3 is 10.4 Å². The third kappa shape index (κ3) is 5.05. The molecule has 2 N–H and O–H groups in total. The minimum atomic E-state index is -0.320. The highest BCUT2D eigenvalue weighted by molar-refractivity contribution is 5.87. The second-order valence-electron chi connectivity index (χ2n) is 1.58. The van der Waals surface area contributed by atoms with Crippen molar-refractivity contribution in [1.82, 2.24) is 5.32 Å². The summed E-state index contributed by atoms with van der Waals surface area (Å²) in [6.45, 7) is 1.54. The maximum Gasteiger partial charge on any atom is 0.245 e. The number of allylic oxidation sites excluding steroid dienone is 3. The van der Waals surface area contributed by atoms with Crippen LogP contribution in [-0.2, 0) is 4.79 Å². The van der Waals surface area contributed by atoms with Crippen molar-refractivity contribution in [3.63, 3.8) is 0 Å². The van der Waals surface area contributed by atoms with Crippen molar-refractivity contribution in [1.29, 1.82) is 0 Å². The van der Waals surface area contributed by atoms with Gasteiger partial charge in [0.2, 0.25) is 5.91 Å². The van der Waals surface area contributed by atoms with Crippen LogP contribution in [0, 0.1) is 0 Å². The summed E-state index contributed by atoms with van der Waals surface area (Å²) in [4.78, 5) is 10.5. The van der Waals surface area contributed by atoms with Gasteiger partial charge in [-0.1, -0.05) is 18.2 Å². The van der Waals surface area contributed by atoms with Crippen molar-refractivity contribution in [3.05, 3.63) is 24.3 Å². The summed E-state index contributed by atoms with van der Waals surface area (Å²) in [5.41, 5.74) is 0. The Morgan fingerprint density at radius 1 is 1.60 bits per heavy atom. The van der Waals surface area contributed by atoms with E-state index in [2.05, 4.69) is 5.32 Å². The van der Waals surface area contributed by atoms with Gasteiger partial charge in [-0.15, -0.1) is 0 Å². The topological polar surface area (TPSA) is 49.3 Å². The summed E-state index contributed by atoms with van der Waals surface area (Å²) in [6.07, 6.45) is 6.49. The predicted octanol–water partition coefficient (Wildman–Crippen LogP) is 0.185. The molecule has 0 heterocycles. The molecule has 0 aliphatic heterocycles. The van der Waals surface area contributed by atoms with E-state index >= 15 is 0 Å². The quantitative estimate of drug-likeness (QED) is 0.335. The third-order valence-electron chi connectivity index (χ3n) is 0.804. The molecule has 0 saturated heterocycles. The molecule has 10 heavy (non-hydrogen) atoms. The molecule has 3 nitrogen and oxygen atoms in total. The van der Waals surface area contributed by atoms with Gasteiger partial charge in [-0.3, -0.25) is 4.79 Å². The number of amides is 1.